The first-order valence-electron chi connectivity index (χ1n) is 6.57. The summed E-state index contributed by atoms with van der Waals surface area (Å²) in [5.41, 5.74) is 0.511. The van der Waals surface area contributed by atoms with Crippen LogP contribution in [0, 0.1) is 5.82 Å². The van der Waals surface area contributed by atoms with Gasteiger partial charge in [0.05, 0.1) is 6.61 Å². The lowest BCUT2D eigenvalue weighted by Gasteiger charge is -2.12. The smallest absolute Gasteiger partial charge is 0.134 e. The molecule has 3 nitrogen and oxygen atoms in total. The van der Waals surface area contributed by atoms with Crippen molar-refractivity contribution in [1.82, 2.24) is 5.32 Å². The van der Waals surface area contributed by atoms with E-state index in [1.54, 1.807) is 25.2 Å². The van der Waals surface area contributed by atoms with Gasteiger partial charge in [-0.2, -0.15) is 0 Å². The highest BCUT2D eigenvalue weighted by molar-refractivity contribution is 5.41. The van der Waals surface area contributed by atoms with Crippen molar-refractivity contribution < 1.29 is 13.9 Å². The zero-order chi connectivity index (χ0) is 14.4. The van der Waals surface area contributed by atoms with Gasteiger partial charge in [0, 0.05) is 18.2 Å². The lowest BCUT2D eigenvalue weighted by molar-refractivity contribution is 0.338. The van der Waals surface area contributed by atoms with Crippen LogP contribution in [0.1, 0.15) is 12.5 Å². The molecule has 2 aromatic carbocycles. The summed E-state index contributed by atoms with van der Waals surface area (Å²) in [6.07, 6.45) is 0. The van der Waals surface area contributed by atoms with E-state index in [2.05, 4.69) is 5.32 Å². The fourth-order valence-corrected chi connectivity index (χ4v) is 1.90. The molecule has 0 saturated carbocycles. The molecule has 0 aliphatic heterocycles. The third-order valence-corrected chi connectivity index (χ3v) is 2.77. The van der Waals surface area contributed by atoms with Gasteiger partial charge in [0.1, 0.15) is 23.1 Å². The molecular weight excluding hydrogens is 257 g/mol. The molecule has 0 heterocycles. The van der Waals surface area contributed by atoms with Gasteiger partial charge in [-0.25, -0.2) is 4.39 Å². The van der Waals surface area contributed by atoms with E-state index in [1.807, 2.05) is 25.1 Å². The quantitative estimate of drug-likeness (QED) is 0.871. The lowest BCUT2D eigenvalue weighted by atomic mass is 10.2. The monoisotopic (exact) mass is 275 g/mol. The van der Waals surface area contributed by atoms with Crippen LogP contribution < -0.4 is 14.8 Å². The topological polar surface area (TPSA) is 30.5 Å². The summed E-state index contributed by atoms with van der Waals surface area (Å²) in [7, 11) is 1.77. The minimum absolute atomic E-state index is 0.280. The maximum absolute atomic E-state index is 13.8. The zero-order valence-corrected chi connectivity index (χ0v) is 11.7. The van der Waals surface area contributed by atoms with E-state index < -0.39 is 0 Å². The third-order valence-electron chi connectivity index (χ3n) is 2.77. The Balaban J connectivity index is 2.25. The molecule has 0 saturated heterocycles. The number of hydrogen-bond donors (Lipinski definition) is 1. The normalized spacial score (nSPS) is 10.3. The Morgan fingerprint density at radius 2 is 1.85 bits per heavy atom. The molecule has 0 spiro atoms. The molecule has 1 N–H and O–H groups in total. The van der Waals surface area contributed by atoms with Crippen molar-refractivity contribution in [2.45, 2.75) is 13.5 Å². The van der Waals surface area contributed by atoms with Gasteiger partial charge in [-0.15, -0.1) is 0 Å². The zero-order valence-electron chi connectivity index (χ0n) is 11.7. The molecule has 2 aromatic rings. The predicted octanol–water partition coefficient (Wildman–Crippen LogP) is 3.74. The number of nitrogens with one attached hydrogen (secondary N) is 1. The standard InChI is InChI=1S/C16H18FNO2/c1-3-19-12-6-4-7-13(10-12)20-16-9-5-8-15(17)14(16)11-18-2/h4-10,18H,3,11H2,1-2H3. The van der Waals surface area contributed by atoms with Crippen molar-refractivity contribution in [2.75, 3.05) is 13.7 Å². The van der Waals surface area contributed by atoms with Crippen LogP contribution in [0.3, 0.4) is 0 Å². The largest absolute Gasteiger partial charge is 0.494 e. The molecule has 0 bridgehead atoms. The van der Waals surface area contributed by atoms with Crippen LogP contribution in [-0.2, 0) is 6.54 Å². The van der Waals surface area contributed by atoms with Gasteiger partial charge < -0.3 is 14.8 Å². The summed E-state index contributed by atoms with van der Waals surface area (Å²) < 4.78 is 25.0. The first-order valence-corrected chi connectivity index (χ1v) is 6.57. The van der Waals surface area contributed by atoms with Gasteiger partial charge >= 0.3 is 0 Å². The summed E-state index contributed by atoms with van der Waals surface area (Å²) >= 11 is 0. The maximum atomic E-state index is 13.8. The molecule has 0 fully saturated rings. The highest BCUT2D eigenvalue weighted by atomic mass is 19.1. The first-order chi connectivity index (χ1) is 9.74. The molecule has 2 rings (SSSR count). The average molecular weight is 275 g/mol. The minimum atomic E-state index is -0.280. The van der Waals surface area contributed by atoms with E-state index in [0.717, 1.165) is 5.75 Å². The Kier molecular flexibility index (Phi) is 4.96. The van der Waals surface area contributed by atoms with E-state index in [9.17, 15) is 4.39 Å². The molecule has 0 radical (unpaired) electrons. The second-order valence-electron chi connectivity index (χ2n) is 4.26. The van der Waals surface area contributed by atoms with Crippen molar-refractivity contribution >= 4 is 0 Å². The van der Waals surface area contributed by atoms with Crippen molar-refractivity contribution in [3.63, 3.8) is 0 Å². The van der Waals surface area contributed by atoms with E-state index in [-0.39, 0.29) is 5.82 Å². The van der Waals surface area contributed by atoms with Crippen molar-refractivity contribution in [2.24, 2.45) is 0 Å². The number of ether oxygens (including phenoxy) is 2. The van der Waals surface area contributed by atoms with Gasteiger partial charge in [0.2, 0.25) is 0 Å². The fourth-order valence-electron chi connectivity index (χ4n) is 1.90. The molecule has 0 aromatic heterocycles. The summed E-state index contributed by atoms with van der Waals surface area (Å²) in [4.78, 5) is 0. The number of halogens is 1. The second-order valence-corrected chi connectivity index (χ2v) is 4.26. The molecule has 0 aliphatic rings. The van der Waals surface area contributed by atoms with Crippen LogP contribution in [0.2, 0.25) is 0 Å². The maximum Gasteiger partial charge on any atom is 0.134 e. The molecule has 0 atom stereocenters. The molecule has 0 unspecified atom stereocenters. The van der Waals surface area contributed by atoms with Crippen LogP contribution in [0.25, 0.3) is 0 Å². The molecule has 4 heteroatoms. The van der Waals surface area contributed by atoms with Crippen molar-refractivity contribution in [1.29, 1.82) is 0 Å². The minimum Gasteiger partial charge on any atom is -0.494 e. The summed E-state index contributed by atoms with van der Waals surface area (Å²) in [5.74, 6) is 1.58. The summed E-state index contributed by atoms with van der Waals surface area (Å²) in [6, 6.07) is 12.1. The number of benzene rings is 2. The van der Waals surface area contributed by atoms with Gasteiger partial charge in [0.25, 0.3) is 0 Å². The average Bonchev–Trinajstić information content (AvgIpc) is 2.44. The molecule has 0 amide bonds. The Labute approximate surface area is 118 Å². The summed E-state index contributed by atoms with van der Waals surface area (Å²) in [5, 5.41) is 2.94. The van der Waals surface area contributed by atoms with Crippen LogP contribution >= 0.6 is 0 Å². The molecule has 0 aliphatic carbocycles. The summed E-state index contributed by atoms with van der Waals surface area (Å²) in [6.45, 7) is 2.92. The van der Waals surface area contributed by atoms with Crippen LogP contribution in [0.4, 0.5) is 4.39 Å². The Hall–Kier alpha value is -2.07. The number of hydrogen-bond acceptors (Lipinski definition) is 3. The Morgan fingerprint density at radius 1 is 1.10 bits per heavy atom. The van der Waals surface area contributed by atoms with Crippen molar-refractivity contribution in [3.05, 3.63) is 53.8 Å². The van der Waals surface area contributed by atoms with Crippen molar-refractivity contribution in [3.8, 4) is 17.2 Å². The Bertz CT molecular complexity index is 572. The van der Waals surface area contributed by atoms with Crippen LogP contribution in [0.5, 0.6) is 17.2 Å². The number of rotatable bonds is 6. The fraction of sp³-hybridized carbons (Fsp3) is 0.250. The second kappa shape index (κ2) is 6.91. The van der Waals surface area contributed by atoms with Crippen LogP contribution in [-0.4, -0.2) is 13.7 Å². The van der Waals surface area contributed by atoms with E-state index in [4.69, 9.17) is 9.47 Å². The SMILES string of the molecule is CCOc1cccc(Oc2cccc(F)c2CNC)c1. The lowest BCUT2D eigenvalue weighted by Crippen LogP contribution is -2.08. The predicted molar refractivity (Wildman–Crippen MR) is 76.8 cm³/mol. The van der Waals surface area contributed by atoms with Gasteiger partial charge in [-0.05, 0) is 38.2 Å². The highest BCUT2D eigenvalue weighted by Gasteiger charge is 2.10. The molecule has 106 valence electrons. The third kappa shape index (κ3) is 3.48. The highest BCUT2D eigenvalue weighted by Crippen LogP contribution is 2.29. The molecular formula is C16H18FNO2. The van der Waals surface area contributed by atoms with Gasteiger partial charge in [0.15, 0.2) is 0 Å². The van der Waals surface area contributed by atoms with E-state index in [1.165, 1.54) is 6.07 Å². The van der Waals surface area contributed by atoms with E-state index in [0.29, 0.717) is 30.2 Å². The van der Waals surface area contributed by atoms with Crippen LogP contribution in [0.15, 0.2) is 42.5 Å². The molecule has 20 heavy (non-hydrogen) atoms. The van der Waals surface area contributed by atoms with Gasteiger partial charge in [-0.3, -0.25) is 0 Å². The van der Waals surface area contributed by atoms with Gasteiger partial charge in [-0.1, -0.05) is 12.1 Å². The first kappa shape index (κ1) is 14.3. The van der Waals surface area contributed by atoms with E-state index >= 15 is 0 Å². The Morgan fingerprint density at radius 3 is 2.60 bits per heavy atom.